The van der Waals surface area contributed by atoms with E-state index in [1.54, 1.807) is 6.92 Å². The second-order valence-corrected chi connectivity index (χ2v) is 8.36. The molecule has 1 atom stereocenters. The van der Waals surface area contributed by atoms with Gasteiger partial charge in [-0.3, -0.25) is 4.79 Å². The molecular formula is C20H19NO6S. The Balaban J connectivity index is 1.55. The minimum atomic E-state index is -3.35. The van der Waals surface area contributed by atoms with Gasteiger partial charge in [0.2, 0.25) is 0 Å². The first kappa shape index (κ1) is 19.6. The Morgan fingerprint density at radius 2 is 1.79 bits per heavy atom. The zero-order valence-corrected chi connectivity index (χ0v) is 16.2. The maximum atomic E-state index is 12.1. The van der Waals surface area contributed by atoms with Crippen molar-refractivity contribution in [3.8, 4) is 0 Å². The van der Waals surface area contributed by atoms with Crippen LogP contribution in [0.2, 0.25) is 0 Å². The molecule has 0 aliphatic heterocycles. The van der Waals surface area contributed by atoms with Crippen molar-refractivity contribution in [3.63, 3.8) is 0 Å². The molecule has 1 heterocycles. The molecule has 1 amide bonds. The summed E-state index contributed by atoms with van der Waals surface area (Å²) < 4.78 is 33.5. The largest absolute Gasteiger partial charge is 0.459 e. The van der Waals surface area contributed by atoms with Crippen LogP contribution in [0.5, 0.6) is 0 Å². The molecule has 146 valence electrons. The summed E-state index contributed by atoms with van der Waals surface area (Å²) in [5, 5.41) is 3.64. The maximum absolute atomic E-state index is 12.1. The first-order valence-electron chi connectivity index (χ1n) is 8.49. The highest BCUT2D eigenvalue weighted by Crippen LogP contribution is 2.23. The number of para-hydroxylation sites is 1. The van der Waals surface area contributed by atoms with Gasteiger partial charge in [0.25, 0.3) is 5.91 Å². The van der Waals surface area contributed by atoms with Crippen molar-refractivity contribution in [1.29, 1.82) is 0 Å². The summed E-state index contributed by atoms with van der Waals surface area (Å²) in [6.07, 6.45) is 1.08. The van der Waals surface area contributed by atoms with Gasteiger partial charge in [-0.2, -0.15) is 0 Å². The van der Waals surface area contributed by atoms with Crippen molar-refractivity contribution in [2.45, 2.75) is 17.9 Å². The number of fused-ring (bicyclic) bond motifs is 1. The fourth-order valence-corrected chi connectivity index (χ4v) is 3.25. The maximum Gasteiger partial charge on any atom is 0.338 e. The van der Waals surface area contributed by atoms with Crippen molar-refractivity contribution in [2.75, 3.05) is 12.9 Å². The molecule has 0 saturated heterocycles. The number of amides is 1. The van der Waals surface area contributed by atoms with E-state index in [0.29, 0.717) is 5.76 Å². The minimum absolute atomic E-state index is 0.0986. The van der Waals surface area contributed by atoms with E-state index < -0.39 is 34.4 Å². The number of furan rings is 1. The van der Waals surface area contributed by atoms with E-state index in [9.17, 15) is 18.0 Å². The minimum Gasteiger partial charge on any atom is -0.459 e. The Labute approximate surface area is 162 Å². The van der Waals surface area contributed by atoms with Crippen LogP contribution in [0.1, 0.15) is 29.1 Å². The lowest BCUT2D eigenvalue weighted by molar-refractivity contribution is -0.125. The van der Waals surface area contributed by atoms with Crippen LogP contribution in [0.15, 0.2) is 63.9 Å². The molecule has 0 aliphatic rings. The summed E-state index contributed by atoms with van der Waals surface area (Å²) >= 11 is 0. The van der Waals surface area contributed by atoms with Crippen molar-refractivity contribution in [1.82, 2.24) is 5.32 Å². The van der Waals surface area contributed by atoms with Crippen LogP contribution in [0.25, 0.3) is 11.0 Å². The first-order valence-corrected chi connectivity index (χ1v) is 10.4. The normalized spacial score (nSPS) is 12.5. The zero-order valence-electron chi connectivity index (χ0n) is 15.3. The average molecular weight is 401 g/mol. The molecule has 0 fully saturated rings. The molecule has 28 heavy (non-hydrogen) atoms. The highest BCUT2D eigenvalue weighted by atomic mass is 32.2. The number of benzene rings is 2. The Kier molecular flexibility index (Phi) is 5.51. The molecule has 0 saturated carbocycles. The molecule has 2 aromatic carbocycles. The molecule has 0 spiro atoms. The molecule has 0 unspecified atom stereocenters. The molecular weight excluding hydrogens is 382 g/mol. The quantitative estimate of drug-likeness (QED) is 0.637. The first-order chi connectivity index (χ1) is 13.2. The number of ether oxygens (including phenoxy) is 1. The van der Waals surface area contributed by atoms with E-state index in [4.69, 9.17) is 9.15 Å². The van der Waals surface area contributed by atoms with E-state index in [2.05, 4.69) is 5.32 Å². The monoisotopic (exact) mass is 401 g/mol. The van der Waals surface area contributed by atoms with Crippen LogP contribution < -0.4 is 5.32 Å². The molecule has 3 aromatic rings. The van der Waals surface area contributed by atoms with Crippen LogP contribution in [0, 0.1) is 0 Å². The van der Waals surface area contributed by atoms with E-state index in [1.165, 1.54) is 24.3 Å². The lowest BCUT2D eigenvalue weighted by Crippen LogP contribution is -2.31. The molecule has 0 bridgehead atoms. The summed E-state index contributed by atoms with van der Waals surface area (Å²) in [4.78, 5) is 24.2. The average Bonchev–Trinajstić information content (AvgIpc) is 3.10. The standard InChI is InChI=1S/C20H19NO6S/c1-13(18-11-15-5-3-4-6-17(15)27-18)21-19(22)12-26-20(23)14-7-9-16(10-8-14)28(2,24)25/h3-11,13H,12H2,1-2H3,(H,21,22)/t13-/m1/s1. The van der Waals surface area contributed by atoms with Crippen molar-refractivity contribution < 1.29 is 27.2 Å². The van der Waals surface area contributed by atoms with Crippen LogP contribution >= 0.6 is 0 Å². The highest BCUT2D eigenvalue weighted by Gasteiger charge is 2.16. The predicted molar refractivity (Wildman–Crippen MR) is 103 cm³/mol. The van der Waals surface area contributed by atoms with Gasteiger partial charge in [0.15, 0.2) is 16.4 Å². The smallest absolute Gasteiger partial charge is 0.338 e. The lowest BCUT2D eigenvalue weighted by atomic mass is 10.2. The number of carbonyl (C=O) groups excluding carboxylic acids is 2. The molecule has 7 nitrogen and oxygen atoms in total. The van der Waals surface area contributed by atoms with Crippen LogP contribution in [0.3, 0.4) is 0 Å². The fourth-order valence-electron chi connectivity index (χ4n) is 2.62. The molecule has 1 aromatic heterocycles. The van der Waals surface area contributed by atoms with E-state index >= 15 is 0 Å². The van der Waals surface area contributed by atoms with Gasteiger partial charge in [0, 0.05) is 11.6 Å². The van der Waals surface area contributed by atoms with Crippen molar-refractivity contribution in [3.05, 3.63) is 65.9 Å². The van der Waals surface area contributed by atoms with Crippen LogP contribution in [-0.2, 0) is 19.4 Å². The van der Waals surface area contributed by atoms with Gasteiger partial charge in [-0.1, -0.05) is 18.2 Å². The van der Waals surface area contributed by atoms with Gasteiger partial charge >= 0.3 is 5.97 Å². The van der Waals surface area contributed by atoms with E-state index in [1.807, 2.05) is 30.3 Å². The molecule has 1 N–H and O–H groups in total. The Bertz CT molecular complexity index is 1080. The van der Waals surface area contributed by atoms with Gasteiger partial charge in [-0.05, 0) is 43.3 Å². The number of hydrogen-bond donors (Lipinski definition) is 1. The number of rotatable bonds is 6. The zero-order chi connectivity index (χ0) is 20.3. The van der Waals surface area contributed by atoms with Crippen molar-refractivity contribution >= 4 is 32.7 Å². The number of nitrogens with one attached hydrogen (secondary N) is 1. The Morgan fingerprint density at radius 3 is 2.43 bits per heavy atom. The lowest BCUT2D eigenvalue weighted by Gasteiger charge is -2.11. The second kappa shape index (κ2) is 7.85. The molecule has 0 aliphatic carbocycles. The molecule has 3 rings (SSSR count). The van der Waals surface area contributed by atoms with Crippen LogP contribution in [0.4, 0.5) is 0 Å². The summed E-state index contributed by atoms with van der Waals surface area (Å²) in [6, 6.07) is 14.3. The third-order valence-electron chi connectivity index (χ3n) is 4.10. The summed E-state index contributed by atoms with van der Waals surface area (Å²) in [5.41, 5.74) is 0.882. The molecule has 8 heteroatoms. The summed E-state index contributed by atoms with van der Waals surface area (Å²) in [5.74, 6) is -0.599. The van der Waals surface area contributed by atoms with E-state index in [0.717, 1.165) is 17.2 Å². The predicted octanol–water partition coefficient (Wildman–Crippen LogP) is 2.87. The SMILES string of the molecule is C[C@@H](NC(=O)COC(=O)c1ccc(S(C)(=O)=O)cc1)c1cc2ccccc2o1. The Morgan fingerprint density at radius 1 is 1.11 bits per heavy atom. The Hall–Kier alpha value is -3.13. The van der Waals surface area contributed by atoms with E-state index in [-0.39, 0.29) is 10.5 Å². The van der Waals surface area contributed by atoms with Crippen LogP contribution in [-0.4, -0.2) is 33.2 Å². The van der Waals surface area contributed by atoms with Gasteiger partial charge < -0.3 is 14.5 Å². The number of hydrogen-bond acceptors (Lipinski definition) is 6. The van der Waals surface area contributed by atoms with Gasteiger partial charge in [-0.25, -0.2) is 13.2 Å². The van der Waals surface area contributed by atoms with Gasteiger partial charge in [0.05, 0.1) is 16.5 Å². The van der Waals surface area contributed by atoms with Crippen molar-refractivity contribution in [2.24, 2.45) is 0 Å². The second-order valence-electron chi connectivity index (χ2n) is 6.35. The third kappa shape index (κ3) is 4.58. The highest BCUT2D eigenvalue weighted by molar-refractivity contribution is 7.90. The van der Waals surface area contributed by atoms with Gasteiger partial charge in [-0.15, -0.1) is 0 Å². The number of sulfone groups is 1. The molecule has 0 radical (unpaired) electrons. The summed E-state index contributed by atoms with van der Waals surface area (Å²) in [7, 11) is -3.35. The third-order valence-corrected chi connectivity index (χ3v) is 5.23. The number of carbonyl (C=O) groups is 2. The summed E-state index contributed by atoms with van der Waals surface area (Å²) in [6.45, 7) is 1.30. The number of esters is 1. The van der Waals surface area contributed by atoms with Gasteiger partial charge in [0.1, 0.15) is 11.3 Å². The fraction of sp³-hybridized carbons (Fsp3) is 0.200. The topological polar surface area (TPSA) is 103 Å².